The second-order valence-corrected chi connectivity index (χ2v) is 7.32. The molecule has 8 nitrogen and oxygen atoms in total. The van der Waals surface area contributed by atoms with E-state index in [4.69, 9.17) is 0 Å². The van der Waals surface area contributed by atoms with Crippen molar-refractivity contribution < 1.29 is 13.5 Å². The van der Waals surface area contributed by atoms with Gasteiger partial charge in [-0.2, -0.15) is 8.75 Å². The second kappa shape index (κ2) is 7.05. The highest BCUT2D eigenvalue weighted by Gasteiger charge is 2.20. The minimum absolute atomic E-state index is 0.208. The molecule has 0 atom stereocenters. The van der Waals surface area contributed by atoms with Crippen molar-refractivity contribution >= 4 is 44.8 Å². The van der Waals surface area contributed by atoms with Gasteiger partial charge in [-0.1, -0.05) is 24.3 Å². The fraction of sp³-hybridized carbons (Fsp3) is 0.0667. The minimum atomic E-state index is -3.78. The lowest BCUT2D eigenvalue weighted by molar-refractivity contribution is 0.460. The standard InChI is InChI=1S/C15H15N5O3S2/c1-16-25(22,23)12-9-5-8-11(13(12)21)18-15-14(19-24-20-15)17-10-6-3-2-4-7-10/h2-9,16,21H,1H3,(H,17,19)(H,18,20). The predicted octanol–water partition coefficient (Wildman–Crippen LogP) is 2.64. The number of nitrogens with one attached hydrogen (secondary N) is 3. The molecule has 0 aliphatic rings. The molecule has 0 bridgehead atoms. The van der Waals surface area contributed by atoms with E-state index in [-0.39, 0.29) is 10.6 Å². The molecule has 4 N–H and O–H groups in total. The number of para-hydroxylation sites is 2. The first-order valence-electron chi connectivity index (χ1n) is 7.18. The number of nitrogens with zero attached hydrogens (tertiary/aromatic N) is 2. The summed E-state index contributed by atoms with van der Waals surface area (Å²) in [6, 6.07) is 13.8. The summed E-state index contributed by atoms with van der Waals surface area (Å²) in [5.41, 5.74) is 1.04. The third-order valence-corrected chi connectivity index (χ3v) is 5.31. The number of rotatable bonds is 6. The van der Waals surface area contributed by atoms with Gasteiger partial charge in [-0.05, 0) is 31.3 Å². The van der Waals surface area contributed by atoms with E-state index >= 15 is 0 Å². The number of anilines is 4. The zero-order chi connectivity index (χ0) is 17.9. The summed E-state index contributed by atoms with van der Waals surface area (Å²) in [7, 11) is -2.50. The molecule has 0 unspecified atom stereocenters. The first-order valence-corrected chi connectivity index (χ1v) is 9.40. The molecule has 2 aromatic carbocycles. The van der Waals surface area contributed by atoms with E-state index in [9.17, 15) is 13.5 Å². The van der Waals surface area contributed by atoms with Crippen LogP contribution in [0.4, 0.5) is 23.0 Å². The van der Waals surface area contributed by atoms with Crippen molar-refractivity contribution in [3.8, 4) is 5.75 Å². The van der Waals surface area contributed by atoms with Gasteiger partial charge >= 0.3 is 0 Å². The van der Waals surface area contributed by atoms with Crippen molar-refractivity contribution in [2.45, 2.75) is 4.90 Å². The van der Waals surface area contributed by atoms with Crippen molar-refractivity contribution in [2.24, 2.45) is 0 Å². The van der Waals surface area contributed by atoms with Crippen molar-refractivity contribution in [1.29, 1.82) is 0 Å². The van der Waals surface area contributed by atoms with Gasteiger partial charge < -0.3 is 15.7 Å². The summed E-state index contributed by atoms with van der Waals surface area (Å²) in [4.78, 5) is -0.222. The number of phenols is 1. The maximum absolute atomic E-state index is 11.9. The Balaban J connectivity index is 1.90. The van der Waals surface area contributed by atoms with Crippen LogP contribution in [0.25, 0.3) is 0 Å². The van der Waals surface area contributed by atoms with E-state index in [0.717, 1.165) is 17.4 Å². The Hall–Kier alpha value is -2.69. The summed E-state index contributed by atoms with van der Waals surface area (Å²) in [6.07, 6.45) is 0. The quantitative estimate of drug-likeness (QED) is 0.488. The van der Waals surface area contributed by atoms with E-state index < -0.39 is 15.8 Å². The van der Waals surface area contributed by atoms with Gasteiger partial charge in [-0.25, -0.2) is 13.1 Å². The van der Waals surface area contributed by atoms with Gasteiger partial charge in [0.05, 0.1) is 17.4 Å². The summed E-state index contributed by atoms with van der Waals surface area (Å²) in [5.74, 6) is 0.455. The Morgan fingerprint density at radius 1 is 0.960 bits per heavy atom. The first kappa shape index (κ1) is 17.1. The lowest BCUT2D eigenvalue weighted by Gasteiger charge is -2.11. The van der Waals surface area contributed by atoms with Crippen LogP contribution < -0.4 is 15.4 Å². The Labute approximate surface area is 148 Å². The Bertz CT molecular complexity index is 974. The lowest BCUT2D eigenvalue weighted by Crippen LogP contribution is -2.18. The van der Waals surface area contributed by atoms with Crippen LogP contribution in [0, 0.1) is 0 Å². The van der Waals surface area contributed by atoms with Crippen molar-refractivity contribution in [2.75, 3.05) is 17.7 Å². The zero-order valence-electron chi connectivity index (χ0n) is 13.1. The van der Waals surface area contributed by atoms with Crippen LogP contribution in [-0.2, 0) is 10.0 Å². The Morgan fingerprint density at radius 2 is 1.64 bits per heavy atom. The summed E-state index contributed by atoms with van der Waals surface area (Å²) >= 11 is 0.988. The molecular weight excluding hydrogens is 362 g/mol. The van der Waals surface area contributed by atoms with Crippen molar-refractivity contribution in [3.05, 3.63) is 48.5 Å². The van der Waals surface area contributed by atoms with Gasteiger partial charge in [0.25, 0.3) is 0 Å². The zero-order valence-corrected chi connectivity index (χ0v) is 14.7. The monoisotopic (exact) mass is 377 g/mol. The van der Waals surface area contributed by atoms with Crippen LogP contribution in [0.2, 0.25) is 0 Å². The van der Waals surface area contributed by atoms with Gasteiger partial charge in [-0.3, -0.25) is 0 Å². The molecule has 10 heteroatoms. The number of hydrogen-bond acceptors (Lipinski definition) is 8. The largest absolute Gasteiger partial charge is 0.504 e. The predicted molar refractivity (Wildman–Crippen MR) is 97.3 cm³/mol. The number of sulfonamides is 1. The lowest BCUT2D eigenvalue weighted by atomic mass is 10.3. The Morgan fingerprint density at radius 3 is 2.32 bits per heavy atom. The van der Waals surface area contributed by atoms with Crippen LogP contribution >= 0.6 is 11.7 Å². The van der Waals surface area contributed by atoms with Gasteiger partial charge in [0.2, 0.25) is 10.0 Å². The van der Waals surface area contributed by atoms with Crippen LogP contribution in [0.3, 0.4) is 0 Å². The van der Waals surface area contributed by atoms with E-state index in [2.05, 4.69) is 24.1 Å². The third kappa shape index (κ3) is 3.71. The average Bonchev–Trinajstić information content (AvgIpc) is 3.04. The number of aromatic nitrogens is 2. The van der Waals surface area contributed by atoms with E-state index in [0.29, 0.717) is 11.6 Å². The summed E-state index contributed by atoms with van der Waals surface area (Å²) in [5, 5.41) is 16.3. The molecule has 3 aromatic rings. The maximum atomic E-state index is 11.9. The van der Waals surface area contributed by atoms with E-state index in [1.807, 2.05) is 30.3 Å². The molecular formula is C15H15N5O3S2. The molecule has 0 aliphatic carbocycles. The van der Waals surface area contributed by atoms with Crippen molar-refractivity contribution in [1.82, 2.24) is 13.5 Å². The van der Waals surface area contributed by atoms with Crippen LogP contribution in [0.1, 0.15) is 0 Å². The third-order valence-electron chi connectivity index (χ3n) is 3.34. The van der Waals surface area contributed by atoms with Gasteiger partial charge in [0.1, 0.15) is 4.90 Å². The highest BCUT2D eigenvalue weighted by molar-refractivity contribution is 7.89. The highest BCUT2D eigenvalue weighted by Crippen LogP contribution is 2.34. The highest BCUT2D eigenvalue weighted by atomic mass is 32.2. The molecule has 0 saturated carbocycles. The fourth-order valence-electron chi connectivity index (χ4n) is 2.09. The topological polar surface area (TPSA) is 116 Å². The van der Waals surface area contributed by atoms with Crippen LogP contribution in [0.15, 0.2) is 53.4 Å². The SMILES string of the molecule is CNS(=O)(=O)c1cccc(Nc2nsnc2Nc2ccccc2)c1O. The normalized spacial score (nSPS) is 11.2. The molecule has 3 rings (SSSR count). The molecule has 25 heavy (non-hydrogen) atoms. The van der Waals surface area contributed by atoms with Crippen molar-refractivity contribution in [3.63, 3.8) is 0 Å². The van der Waals surface area contributed by atoms with Crippen LogP contribution in [0.5, 0.6) is 5.75 Å². The first-order chi connectivity index (χ1) is 12.0. The smallest absolute Gasteiger partial charge is 0.244 e. The number of phenolic OH excluding ortho intramolecular Hbond substituents is 1. The van der Waals surface area contributed by atoms with Crippen LogP contribution in [-0.4, -0.2) is 29.3 Å². The molecule has 0 radical (unpaired) electrons. The number of aromatic hydroxyl groups is 1. The van der Waals surface area contributed by atoms with Gasteiger partial charge in [-0.15, -0.1) is 0 Å². The Kier molecular flexibility index (Phi) is 4.83. The molecule has 0 spiro atoms. The number of benzene rings is 2. The number of hydrogen-bond donors (Lipinski definition) is 4. The summed E-state index contributed by atoms with van der Waals surface area (Å²) < 4.78 is 34.4. The average molecular weight is 377 g/mol. The molecule has 0 saturated heterocycles. The molecule has 1 heterocycles. The molecule has 130 valence electrons. The molecule has 0 amide bonds. The maximum Gasteiger partial charge on any atom is 0.244 e. The van der Waals surface area contributed by atoms with Gasteiger partial charge in [0, 0.05) is 5.69 Å². The second-order valence-electron chi connectivity index (χ2n) is 4.94. The molecule has 0 fully saturated rings. The summed E-state index contributed by atoms with van der Waals surface area (Å²) in [6.45, 7) is 0. The van der Waals surface area contributed by atoms with E-state index in [1.54, 1.807) is 6.07 Å². The van der Waals surface area contributed by atoms with E-state index in [1.165, 1.54) is 19.2 Å². The molecule has 1 aromatic heterocycles. The van der Waals surface area contributed by atoms with Gasteiger partial charge in [0.15, 0.2) is 17.4 Å². The fourth-order valence-corrected chi connectivity index (χ4v) is 3.40. The molecule has 0 aliphatic heterocycles. The minimum Gasteiger partial charge on any atom is -0.504 e.